The Labute approximate surface area is 117 Å². The van der Waals surface area contributed by atoms with E-state index in [9.17, 15) is 0 Å². The van der Waals surface area contributed by atoms with Gasteiger partial charge in [-0.05, 0) is 32.2 Å². The van der Waals surface area contributed by atoms with Crippen molar-refractivity contribution in [2.75, 3.05) is 12.3 Å². The van der Waals surface area contributed by atoms with Crippen molar-refractivity contribution in [1.82, 2.24) is 10.3 Å². The summed E-state index contributed by atoms with van der Waals surface area (Å²) in [6, 6.07) is 0.365. The number of thiazole rings is 1. The molecule has 0 aromatic carbocycles. The maximum absolute atomic E-state index is 7.14. The number of aryl methyl sites for hydroxylation is 1. The second-order valence-electron chi connectivity index (χ2n) is 3.57. The number of nitrogens with zero attached hydrogens (tertiary/aromatic N) is 1. The van der Waals surface area contributed by atoms with Gasteiger partial charge in [-0.15, -0.1) is 36.2 Å². The summed E-state index contributed by atoms with van der Waals surface area (Å²) in [7, 11) is 0. The standard InChI is InChI=1S/C10H17N3S.2ClH/c1-2-5-12-7-3-4-8-9(6-7)14-10(11)13-8;;/h7,12H,2-6H2,1H3,(H2,11,13);2*1H/t7-;;/m1../s1/i1D3;;. The van der Waals surface area contributed by atoms with Gasteiger partial charge in [0.1, 0.15) is 0 Å². The minimum atomic E-state index is -1.83. The third-order valence-corrected chi connectivity index (χ3v) is 3.46. The van der Waals surface area contributed by atoms with Crippen LogP contribution < -0.4 is 11.1 Å². The van der Waals surface area contributed by atoms with Crippen molar-refractivity contribution < 1.29 is 4.11 Å². The molecule has 1 aromatic heterocycles. The smallest absolute Gasteiger partial charge is 0.180 e. The molecule has 1 heterocycles. The average molecular weight is 287 g/mol. The van der Waals surface area contributed by atoms with Crippen LogP contribution in [0.4, 0.5) is 5.13 Å². The van der Waals surface area contributed by atoms with E-state index in [0.29, 0.717) is 17.7 Å². The Balaban J connectivity index is 0.00000162. The van der Waals surface area contributed by atoms with Crippen LogP contribution in [0.25, 0.3) is 0 Å². The van der Waals surface area contributed by atoms with E-state index >= 15 is 0 Å². The summed E-state index contributed by atoms with van der Waals surface area (Å²) in [5.41, 5.74) is 6.80. The number of fused-ring (bicyclic) bond motifs is 1. The number of nitrogen functional groups attached to an aromatic ring is 1. The van der Waals surface area contributed by atoms with Crippen molar-refractivity contribution in [2.45, 2.75) is 38.6 Å². The van der Waals surface area contributed by atoms with Gasteiger partial charge in [-0.1, -0.05) is 6.85 Å². The van der Waals surface area contributed by atoms with Crippen molar-refractivity contribution in [3.8, 4) is 0 Å². The second-order valence-corrected chi connectivity index (χ2v) is 4.68. The molecule has 94 valence electrons. The monoisotopic (exact) mass is 286 g/mol. The number of nitrogens with two attached hydrogens (primary N) is 1. The molecular weight excluding hydrogens is 265 g/mol. The third kappa shape index (κ3) is 3.77. The first-order valence-electron chi connectivity index (χ1n) is 6.41. The summed E-state index contributed by atoms with van der Waals surface area (Å²) >= 11 is 1.55. The number of anilines is 1. The van der Waals surface area contributed by atoms with Crippen molar-refractivity contribution in [3.05, 3.63) is 10.6 Å². The molecule has 1 aromatic rings. The zero-order valence-electron chi connectivity index (χ0n) is 11.9. The van der Waals surface area contributed by atoms with Crippen LogP contribution in [0.3, 0.4) is 0 Å². The molecule has 3 N–H and O–H groups in total. The van der Waals surface area contributed by atoms with Gasteiger partial charge in [-0.3, -0.25) is 0 Å². The molecule has 0 spiro atoms. The van der Waals surface area contributed by atoms with Gasteiger partial charge < -0.3 is 11.1 Å². The predicted molar refractivity (Wildman–Crippen MR) is 75.1 cm³/mol. The Kier molecular flexibility index (Phi) is 5.07. The van der Waals surface area contributed by atoms with E-state index in [1.165, 1.54) is 4.88 Å². The van der Waals surface area contributed by atoms with Gasteiger partial charge in [-0.25, -0.2) is 4.98 Å². The van der Waals surface area contributed by atoms with E-state index in [2.05, 4.69) is 10.3 Å². The summed E-state index contributed by atoms with van der Waals surface area (Å²) in [5, 5.41) is 3.94. The Bertz CT molecular complexity index is 398. The summed E-state index contributed by atoms with van der Waals surface area (Å²) in [6.45, 7) is -1.29. The number of nitrogens with one attached hydrogen (secondary N) is 1. The second kappa shape index (κ2) is 7.33. The molecule has 0 unspecified atom stereocenters. The lowest BCUT2D eigenvalue weighted by Gasteiger charge is -2.21. The zero-order valence-corrected chi connectivity index (χ0v) is 11.3. The quantitative estimate of drug-likeness (QED) is 0.897. The summed E-state index contributed by atoms with van der Waals surface area (Å²) in [5.74, 6) is 0. The minimum Gasteiger partial charge on any atom is -0.375 e. The van der Waals surface area contributed by atoms with Gasteiger partial charge in [0.15, 0.2) is 5.13 Å². The minimum absolute atomic E-state index is 0. The van der Waals surface area contributed by atoms with E-state index in [1.54, 1.807) is 11.3 Å². The molecule has 0 saturated carbocycles. The molecule has 2 rings (SSSR count). The Hall–Kier alpha value is -0.0300. The first kappa shape index (κ1) is 11.1. The molecule has 1 aliphatic carbocycles. The fourth-order valence-corrected chi connectivity index (χ4v) is 2.80. The summed E-state index contributed by atoms with van der Waals surface area (Å²) in [4.78, 5) is 5.53. The highest BCUT2D eigenvalue weighted by molar-refractivity contribution is 7.15. The van der Waals surface area contributed by atoms with Crippen LogP contribution in [0.5, 0.6) is 0 Å². The Morgan fingerprint density at radius 1 is 1.62 bits per heavy atom. The molecule has 3 nitrogen and oxygen atoms in total. The van der Waals surface area contributed by atoms with Crippen molar-refractivity contribution in [3.63, 3.8) is 0 Å². The fourth-order valence-electron chi connectivity index (χ4n) is 1.85. The summed E-state index contributed by atoms with van der Waals surface area (Å²) in [6.07, 6.45) is 3.10. The van der Waals surface area contributed by atoms with Crippen LogP contribution >= 0.6 is 36.2 Å². The first-order chi connectivity index (χ1) is 7.94. The molecule has 0 fully saturated rings. The SMILES string of the molecule is Cl.Cl.[2H]C([2H])([2H])CCN[C@@H]1CCc2nc(N)sc2C1. The van der Waals surface area contributed by atoms with E-state index < -0.39 is 6.85 Å². The molecule has 1 atom stereocenters. The molecule has 0 aliphatic heterocycles. The van der Waals surface area contributed by atoms with Gasteiger partial charge >= 0.3 is 0 Å². The van der Waals surface area contributed by atoms with Gasteiger partial charge in [0, 0.05) is 15.0 Å². The highest BCUT2D eigenvalue weighted by Crippen LogP contribution is 2.27. The maximum Gasteiger partial charge on any atom is 0.180 e. The predicted octanol–water partition coefficient (Wildman–Crippen LogP) is 2.43. The zero-order chi connectivity index (χ0) is 12.5. The molecule has 6 heteroatoms. The van der Waals surface area contributed by atoms with Crippen molar-refractivity contribution in [2.24, 2.45) is 0 Å². The van der Waals surface area contributed by atoms with E-state index in [-0.39, 0.29) is 31.2 Å². The molecule has 0 bridgehead atoms. The highest BCUT2D eigenvalue weighted by atomic mass is 35.5. The Morgan fingerprint density at radius 2 is 2.44 bits per heavy atom. The lowest BCUT2D eigenvalue weighted by molar-refractivity contribution is 0.460. The van der Waals surface area contributed by atoms with Crippen LogP contribution in [0.15, 0.2) is 0 Å². The lowest BCUT2D eigenvalue weighted by atomic mass is 9.98. The number of halogens is 2. The first-order valence-corrected chi connectivity index (χ1v) is 5.73. The Morgan fingerprint density at radius 3 is 3.19 bits per heavy atom. The normalized spacial score (nSPS) is 21.8. The lowest BCUT2D eigenvalue weighted by Crippen LogP contribution is -2.34. The number of hydrogen-bond acceptors (Lipinski definition) is 4. The topological polar surface area (TPSA) is 50.9 Å². The van der Waals surface area contributed by atoms with Gasteiger partial charge in [0.05, 0.1) is 5.69 Å². The third-order valence-electron chi connectivity index (χ3n) is 2.51. The highest BCUT2D eigenvalue weighted by Gasteiger charge is 2.21. The van der Waals surface area contributed by atoms with E-state index in [4.69, 9.17) is 9.85 Å². The van der Waals surface area contributed by atoms with Crippen LogP contribution in [-0.2, 0) is 12.8 Å². The van der Waals surface area contributed by atoms with Crippen molar-refractivity contribution in [1.29, 1.82) is 0 Å². The van der Waals surface area contributed by atoms with Crippen molar-refractivity contribution >= 4 is 41.3 Å². The molecule has 0 amide bonds. The number of hydrogen-bond donors (Lipinski definition) is 2. The maximum atomic E-state index is 7.14. The molecule has 1 aliphatic rings. The van der Waals surface area contributed by atoms with Gasteiger partial charge in [0.2, 0.25) is 0 Å². The van der Waals surface area contributed by atoms with Crippen LogP contribution in [0, 0.1) is 0 Å². The van der Waals surface area contributed by atoms with Crippen LogP contribution in [0.2, 0.25) is 0 Å². The summed E-state index contributed by atoms with van der Waals surface area (Å²) < 4.78 is 21.4. The van der Waals surface area contributed by atoms with Crippen LogP contribution in [-0.4, -0.2) is 17.6 Å². The number of aromatic nitrogens is 1. The molecule has 0 saturated heterocycles. The van der Waals surface area contributed by atoms with Gasteiger partial charge in [-0.2, -0.15) is 0 Å². The molecular formula is C10H19Cl2N3S. The van der Waals surface area contributed by atoms with E-state index in [1.807, 2.05) is 0 Å². The number of rotatable bonds is 3. The molecule has 16 heavy (non-hydrogen) atoms. The van der Waals surface area contributed by atoms with Crippen LogP contribution in [0.1, 0.15) is 34.4 Å². The average Bonchev–Trinajstić information content (AvgIpc) is 2.55. The van der Waals surface area contributed by atoms with E-state index in [0.717, 1.165) is 25.0 Å². The molecule has 0 radical (unpaired) electrons. The van der Waals surface area contributed by atoms with Gasteiger partial charge in [0.25, 0.3) is 0 Å². The fraction of sp³-hybridized carbons (Fsp3) is 0.700. The largest absolute Gasteiger partial charge is 0.375 e.